The monoisotopic (exact) mass is 338 g/mol. The largest absolute Gasteiger partial charge is 0.497 e. The molecule has 5 atom stereocenters. The maximum Gasteiger partial charge on any atom is 0.119 e. The van der Waals surface area contributed by atoms with Crippen LogP contribution in [0.3, 0.4) is 0 Å². The minimum atomic E-state index is -0.482. The van der Waals surface area contributed by atoms with Crippen LogP contribution < -0.4 is 4.74 Å². The number of ether oxygens (including phenoxy) is 1. The highest BCUT2D eigenvalue weighted by molar-refractivity contribution is 5.83. The molecule has 4 unspecified atom stereocenters. The van der Waals surface area contributed by atoms with Gasteiger partial charge in [-0.05, 0) is 67.5 Å². The van der Waals surface area contributed by atoms with Gasteiger partial charge in [0.05, 0.1) is 18.7 Å². The van der Waals surface area contributed by atoms with E-state index in [1.165, 1.54) is 12.8 Å². The molecule has 0 saturated carbocycles. The van der Waals surface area contributed by atoms with E-state index in [1.807, 2.05) is 24.3 Å². The Morgan fingerprint density at radius 3 is 3.04 bits per heavy atom. The molecule has 0 radical (unpaired) electrons. The molecule has 0 spiro atoms. The van der Waals surface area contributed by atoms with Gasteiger partial charge in [-0.1, -0.05) is 6.08 Å². The molecule has 1 aromatic carbocycles. The number of methoxy groups -OCH3 is 1. The fourth-order valence-corrected chi connectivity index (χ4v) is 4.64. The maximum absolute atomic E-state index is 11.0. The van der Waals surface area contributed by atoms with Crippen LogP contribution in [-0.4, -0.2) is 41.2 Å². The Bertz CT molecular complexity index is 776. The number of aliphatic hydroxyl groups excluding tert-OH is 1. The van der Waals surface area contributed by atoms with Crippen molar-refractivity contribution in [3.05, 3.63) is 48.7 Å². The highest BCUT2D eigenvalue weighted by Gasteiger charge is 2.39. The van der Waals surface area contributed by atoms with Crippen molar-refractivity contribution in [3.63, 3.8) is 0 Å². The van der Waals surface area contributed by atoms with Crippen molar-refractivity contribution >= 4 is 10.9 Å². The quantitative estimate of drug-likeness (QED) is 0.847. The van der Waals surface area contributed by atoms with Crippen molar-refractivity contribution in [3.8, 4) is 5.75 Å². The molecular formula is C21H26N2O2. The van der Waals surface area contributed by atoms with Gasteiger partial charge >= 0.3 is 0 Å². The lowest BCUT2D eigenvalue weighted by molar-refractivity contribution is -0.00534. The van der Waals surface area contributed by atoms with Crippen molar-refractivity contribution < 1.29 is 9.84 Å². The van der Waals surface area contributed by atoms with Crippen molar-refractivity contribution in [1.29, 1.82) is 0 Å². The van der Waals surface area contributed by atoms with Gasteiger partial charge in [-0.3, -0.25) is 9.88 Å². The molecule has 1 N–H and O–H groups in total. The van der Waals surface area contributed by atoms with Crippen molar-refractivity contribution in [2.24, 2.45) is 11.8 Å². The summed E-state index contributed by atoms with van der Waals surface area (Å²) in [5, 5.41) is 12.0. The van der Waals surface area contributed by atoms with Gasteiger partial charge in [0.15, 0.2) is 0 Å². The molecule has 1 aromatic heterocycles. The zero-order valence-corrected chi connectivity index (χ0v) is 14.8. The average molecular weight is 338 g/mol. The number of pyridine rings is 1. The molecule has 2 aromatic rings. The molecule has 4 heteroatoms. The van der Waals surface area contributed by atoms with Crippen LogP contribution in [0, 0.1) is 11.8 Å². The van der Waals surface area contributed by atoms with Gasteiger partial charge in [-0.25, -0.2) is 0 Å². The summed E-state index contributed by atoms with van der Waals surface area (Å²) in [5.41, 5.74) is 1.85. The third-order valence-corrected chi connectivity index (χ3v) is 6.07. The fourth-order valence-electron chi connectivity index (χ4n) is 4.64. The molecule has 4 nitrogen and oxygen atoms in total. The lowest BCUT2D eigenvalue weighted by Crippen LogP contribution is -2.53. The van der Waals surface area contributed by atoms with Crippen LogP contribution in [0.5, 0.6) is 5.75 Å². The first-order chi connectivity index (χ1) is 12.2. The Labute approximate surface area is 149 Å². The molecule has 4 heterocycles. The second kappa shape index (κ2) is 6.77. The van der Waals surface area contributed by atoms with E-state index in [2.05, 4.69) is 22.5 Å². The summed E-state index contributed by atoms with van der Waals surface area (Å²) in [6, 6.07) is 8.23. The number of benzene rings is 1. The Morgan fingerprint density at radius 1 is 1.44 bits per heavy atom. The van der Waals surface area contributed by atoms with Crippen LogP contribution in [0.1, 0.15) is 30.9 Å². The lowest BCUT2D eigenvalue weighted by Gasteiger charge is -2.49. The summed E-state index contributed by atoms with van der Waals surface area (Å²) in [6.07, 6.45) is 6.62. The summed E-state index contributed by atoms with van der Waals surface area (Å²) in [6.45, 7) is 6.24. The Morgan fingerprint density at radius 2 is 2.32 bits per heavy atom. The molecule has 5 rings (SSSR count). The molecule has 0 amide bonds. The first-order valence-corrected chi connectivity index (χ1v) is 9.17. The van der Waals surface area contributed by atoms with Crippen LogP contribution in [0.25, 0.3) is 10.9 Å². The standard InChI is InChI=1S/C21H26N2O2/c1-3-14-13-23-9-7-15(14)10-16(23)11-21(24)18-6-8-22-20-5-4-17(25-2)12-19(18)20/h3-6,8,12,14-16,21,24H,1,7,9-11,13H2,2H3/t14?,15?,16?,21-/m0/s1. The van der Waals surface area contributed by atoms with Gasteiger partial charge < -0.3 is 9.84 Å². The normalized spacial score (nSPS) is 29.5. The summed E-state index contributed by atoms with van der Waals surface area (Å²) in [7, 11) is 1.66. The second-order valence-corrected chi connectivity index (χ2v) is 7.37. The molecule has 3 aliphatic heterocycles. The van der Waals surface area contributed by atoms with Crippen LogP contribution >= 0.6 is 0 Å². The number of fused-ring (bicyclic) bond motifs is 4. The second-order valence-electron chi connectivity index (χ2n) is 7.37. The van der Waals surface area contributed by atoms with Gasteiger partial charge in [0.25, 0.3) is 0 Å². The van der Waals surface area contributed by atoms with Crippen LogP contribution in [0.15, 0.2) is 43.1 Å². The van der Waals surface area contributed by atoms with Crippen molar-refractivity contribution in [2.75, 3.05) is 20.2 Å². The van der Waals surface area contributed by atoms with E-state index in [0.29, 0.717) is 12.0 Å². The van der Waals surface area contributed by atoms with E-state index in [1.54, 1.807) is 13.3 Å². The minimum absolute atomic E-state index is 0.457. The summed E-state index contributed by atoms with van der Waals surface area (Å²) in [4.78, 5) is 6.96. The van der Waals surface area contributed by atoms with E-state index < -0.39 is 6.10 Å². The van der Waals surface area contributed by atoms with Crippen LogP contribution in [0.2, 0.25) is 0 Å². The van der Waals surface area contributed by atoms with Gasteiger partial charge in [0, 0.05) is 24.2 Å². The Balaban J connectivity index is 1.56. The first kappa shape index (κ1) is 16.6. The summed E-state index contributed by atoms with van der Waals surface area (Å²) < 4.78 is 5.34. The average Bonchev–Trinajstić information content (AvgIpc) is 2.67. The number of aliphatic hydroxyl groups is 1. The van der Waals surface area contributed by atoms with E-state index in [9.17, 15) is 5.11 Å². The topological polar surface area (TPSA) is 45.6 Å². The third kappa shape index (κ3) is 3.05. The number of hydrogen-bond donors (Lipinski definition) is 1. The smallest absolute Gasteiger partial charge is 0.119 e. The fraction of sp³-hybridized carbons (Fsp3) is 0.476. The summed E-state index contributed by atoms with van der Waals surface area (Å²) >= 11 is 0. The van der Waals surface area contributed by atoms with Gasteiger partial charge in [0.1, 0.15) is 5.75 Å². The van der Waals surface area contributed by atoms with Gasteiger partial charge in [-0.15, -0.1) is 6.58 Å². The number of piperidine rings is 3. The Kier molecular flexibility index (Phi) is 4.48. The van der Waals surface area contributed by atoms with Crippen LogP contribution in [-0.2, 0) is 0 Å². The maximum atomic E-state index is 11.0. The summed E-state index contributed by atoms with van der Waals surface area (Å²) in [5.74, 6) is 2.14. The molecule has 132 valence electrons. The zero-order valence-electron chi connectivity index (χ0n) is 14.8. The van der Waals surface area contributed by atoms with Crippen molar-refractivity contribution in [1.82, 2.24) is 9.88 Å². The molecule has 3 aliphatic rings. The van der Waals surface area contributed by atoms with Gasteiger partial charge in [-0.2, -0.15) is 0 Å². The van der Waals surface area contributed by atoms with E-state index >= 15 is 0 Å². The lowest BCUT2D eigenvalue weighted by atomic mass is 9.74. The molecule has 3 saturated heterocycles. The highest BCUT2D eigenvalue weighted by Crippen LogP contribution is 2.40. The SMILES string of the molecule is C=CC1CN2CCC1CC2C[C@H](O)c1ccnc2ccc(OC)cc12. The van der Waals surface area contributed by atoms with Gasteiger partial charge in [0.2, 0.25) is 0 Å². The Hall–Kier alpha value is -1.91. The van der Waals surface area contributed by atoms with Crippen LogP contribution in [0.4, 0.5) is 0 Å². The number of nitrogens with zero attached hydrogens (tertiary/aromatic N) is 2. The van der Waals surface area contributed by atoms with Crippen molar-refractivity contribution in [2.45, 2.75) is 31.4 Å². The molecule has 3 fully saturated rings. The minimum Gasteiger partial charge on any atom is -0.497 e. The van der Waals surface area contributed by atoms with E-state index in [4.69, 9.17) is 4.74 Å². The van der Waals surface area contributed by atoms with E-state index in [-0.39, 0.29) is 0 Å². The molecule has 2 bridgehead atoms. The number of hydrogen-bond acceptors (Lipinski definition) is 4. The molecular weight excluding hydrogens is 312 g/mol. The number of aromatic nitrogens is 1. The molecule has 25 heavy (non-hydrogen) atoms. The first-order valence-electron chi connectivity index (χ1n) is 9.17. The molecule has 0 aliphatic carbocycles. The predicted octanol–water partition coefficient (Wildman–Crippen LogP) is 3.56. The zero-order chi connectivity index (χ0) is 17.4. The highest BCUT2D eigenvalue weighted by atomic mass is 16.5. The predicted molar refractivity (Wildman–Crippen MR) is 99.6 cm³/mol. The number of rotatable bonds is 5. The third-order valence-electron chi connectivity index (χ3n) is 6.07. The van der Waals surface area contributed by atoms with E-state index in [0.717, 1.165) is 47.6 Å².